The van der Waals surface area contributed by atoms with Crippen LogP contribution in [-0.2, 0) is 10.0 Å². The van der Waals surface area contributed by atoms with E-state index in [4.69, 9.17) is 0 Å². The highest BCUT2D eigenvalue weighted by atomic mass is 32.2. The van der Waals surface area contributed by atoms with Crippen LogP contribution >= 0.6 is 0 Å². The normalized spacial score (nSPS) is 22.6. The first-order chi connectivity index (χ1) is 9.07. The molecule has 1 aliphatic carbocycles. The van der Waals surface area contributed by atoms with Gasteiger partial charge in [-0.25, -0.2) is 8.42 Å². The van der Waals surface area contributed by atoms with E-state index >= 15 is 0 Å². The zero-order valence-corrected chi connectivity index (χ0v) is 12.1. The van der Waals surface area contributed by atoms with Crippen molar-refractivity contribution in [2.75, 3.05) is 26.2 Å². The van der Waals surface area contributed by atoms with Crippen LogP contribution in [0.4, 0.5) is 0 Å². The van der Waals surface area contributed by atoms with Crippen molar-refractivity contribution in [3.63, 3.8) is 0 Å². The van der Waals surface area contributed by atoms with Crippen molar-refractivity contribution in [1.29, 1.82) is 0 Å². The summed E-state index contributed by atoms with van der Waals surface area (Å²) in [5.74, 6) is 0. The number of hydrogen-bond donors (Lipinski definition) is 0. The summed E-state index contributed by atoms with van der Waals surface area (Å²) in [4.78, 5) is 2.83. The van der Waals surface area contributed by atoms with Gasteiger partial charge in [-0.3, -0.25) is 4.90 Å². The van der Waals surface area contributed by atoms with Gasteiger partial charge in [0.05, 0.1) is 4.90 Å². The van der Waals surface area contributed by atoms with Gasteiger partial charge in [0.2, 0.25) is 10.0 Å². The number of benzene rings is 1. The summed E-state index contributed by atoms with van der Waals surface area (Å²) >= 11 is 0. The van der Waals surface area contributed by atoms with Crippen LogP contribution in [0, 0.1) is 6.92 Å². The monoisotopic (exact) mass is 280 g/mol. The molecule has 0 amide bonds. The maximum atomic E-state index is 12.5. The lowest BCUT2D eigenvalue weighted by Crippen LogP contribution is -2.49. The second-order valence-corrected chi connectivity index (χ2v) is 7.42. The van der Waals surface area contributed by atoms with E-state index in [9.17, 15) is 8.42 Å². The molecule has 0 bridgehead atoms. The lowest BCUT2D eigenvalue weighted by Gasteiger charge is -2.34. The molecule has 104 valence electrons. The van der Waals surface area contributed by atoms with Crippen molar-refractivity contribution in [2.24, 2.45) is 0 Å². The Bertz CT molecular complexity index is 541. The third-order valence-corrected chi connectivity index (χ3v) is 5.91. The lowest BCUT2D eigenvalue weighted by atomic mass is 10.2. The quantitative estimate of drug-likeness (QED) is 0.842. The molecule has 3 rings (SSSR count). The Labute approximate surface area is 115 Å². The Morgan fingerprint density at radius 1 is 1.00 bits per heavy atom. The van der Waals surface area contributed by atoms with Crippen molar-refractivity contribution in [2.45, 2.75) is 30.7 Å². The molecule has 4 nitrogen and oxygen atoms in total. The molecule has 0 N–H and O–H groups in total. The third kappa shape index (κ3) is 2.68. The van der Waals surface area contributed by atoms with E-state index in [0.29, 0.717) is 18.0 Å². The summed E-state index contributed by atoms with van der Waals surface area (Å²) in [6.07, 6.45) is 2.56. The van der Waals surface area contributed by atoms with Crippen LogP contribution in [0.5, 0.6) is 0 Å². The zero-order chi connectivity index (χ0) is 13.5. The van der Waals surface area contributed by atoms with Crippen LogP contribution in [0.15, 0.2) is 29.2 Å². The first-order valence-electron chi connectivity index (χ1n) is 6.88. The summed E-state index contributed by atoms with van der Waals surface area (Å²) in [5, 5.41) is 0. The Balaban J connectivity index is 1.72. The summed E-state index contributed by atoms with van der Waals surface area (Å²) in [7, 11) is -3.30. The minimum atomic E-state index is -3.30. The molecule has 1 saturated carbocycles. The SMILES string of the molecule is Cc1ccc(S(=O)(=O)N2CCN(C3CC3)CC2)cc1. The van der Waals surface area contributed by atoms with Crippen LogP contribution in [0.3, 0.4) is 0 Å². The molecule has 1 heterocycles. The van der Waals surface area contributed by atoms with Crippen molar-refractivity contribution in [3.05, 3.63) is 29.8 Å². The highest BCUT2D eigenvalue weighted by molar-refractivity contribution is 7.89. The second kappa shape index (κ2) is 4.89. The molecule has 0 atom stereocenters. The molecule has 1 aliphatic heterocycles. The van der Waals surface area contributed by atoms with Gasteiger partial charge in [0.25, 0.3) is 0 Å². The molecular formula is C14H20N2O2S. The average Bonchev–Trinajstić information content (AvgIpc) is 3.24. The Morgan fingerprint density at radius 3 is 2.11 bits per heavy atom. The molecule has 5 heteroatoms. The molecule has 1 aromatic carbocycles. The van der Waals surface area contributed by atoms with Gasteiger partial charge < -0.3 is 0 Å². The molecule has 1 saturated heterocycles. The smallest absolute Gasteiger partial charge is 0.243 e. The van der Waals surface area contributed by atoms with Gasteiger partial charge in [0.15, 0.2) is 0 Å². The number of sulfonamides is 1. The summed E-state index contributed by atoms with van der Waals surface area (Å²) in [5.41, 5.74) is 1.08. The topological polar surface area (TPSA) is 40.6 Å². The van der Waals surface area contributed by atoms with E-state index in [-0.39, 0.29) is 0 Å². The zero-order valence-electron chi connectivity index (χ0n) is 11.2. The standard InChI is InChI=1S/C14H20N2O2S/c1-12-2-6-14(7-3-12)19(17,18)16-10-8-15(9-11-16)13-4-5-13/h2-3,6-7,13H,4-5,8-11H2,1H3. The van der Waals surface area contributed by atoms with Crippen molar-refractivity contribution in [3.8, 4) is 0 Å². The molecular weight excluding hydrogens is 260 g/mol. The summed E-state index contributed by atoms with van der Waals surface area (Å²) < 4.78 is 26.6. The fourth-order valence-electron chi connectivity index (χ4n) is 2.61. The fraction of sp³-hybridized carbons (Fsp3) is 0.571. The summed E-state index contributed by atoms with van der Waals surface area (Å²) in [6, 6.07) is 7.85. The molecule has 0 aromatic heterocycles. The van der Waals surface area contributed by atoms with E-state index in [2.05, 4.69) is 4.90 Å². The number of piperazine rings is 1. The molecule has 1 aromatic rings. The number of hydrogen-bond acceptors (Lipinski definition) is 3. The van der Waals surface area contributed by atoms with Gasteiger partial charge in [0.1, 0.15) is 0 Å². The van der Waals surface area contributed by atoms with Crippen LogP contribution < -0.4 is 0 Å². The van der Waals surface area contributed by atoms with Gasteiger partial charge >= 0.3 is 0 Å². The maximum Gasteiger partial charge on any atom is 0.243 e. The van der Waals surface area contributed by atoms with Gasteiger partial charge in [0, 0.05) is 32.2 Å². The lowest BCUT2D eigenvalue weighted by molar-refractivity contribution is 0.180. The van der Waals surface area contributed by atoms with Crippen LogP contribution in [-0.4, -0.2) is 49.8 Å². The van der Waals surface area contributed by atoms with Gasteiger partial charge in [-0.15, -0.1) is 0 Å². The largest absolute Gasteiger partial charge is 0.298 e. The predicted octanol–water partition coefficient (Wildman–Crippen LogP) is 1.46. The molecule has 2 fully saturated rings. The number of aryl methyl sites for hydroxylation is 1. The highest BCUT2D eigenvalue weighted by Gasteiger charge is 2.34. The fourth-order valence-corrected chi connectivity index (χ4v) is 4.03. The van der Waals surface area contributed by atoms with E-state index in [1.807, 2.05) is 19.1 Å². The Hall–Kier alpha value is -0.910. The van der Waals surface area contributed by atoms with Crippen LogP contribution in [0.25, 0.3) is 0 Å². The minimum Gasteiger partial charge on any atom is -0.298 e. The van der Waals surface area contributed by atoms with Crippen molar-refractivity contribution >= 4 is 10.0 Å². The van der Waals surface area contributed by atoms with E-state index < -0.39 is 10.0 Å². The Morgan fingerprint density at radius 2 is 1.58 bits per heavy atom. The maximum absolute atomic E-state index is 12.5. The minimum absolute atomic E-state index is 0.415. The first kappa shape index (κ1) is 13.1. The molecule has 19 heavy (non-hydrogen) atoms. The number of nitrogens with zero attached hydrogens (tertiary/aromatic N) is 2. The molecule has 0 radical (unpaired) electrons. The summed E-state index contributed by atoms with van der Waals surface area (Å²) in [6.45, 7) is 4.94. The first-order valence-corrected chi connectivity index (χ1v) is 8.32. The molecule has 0 unspecified atom stereocenters. The van der Waals surface area contributed by atoms with E-state index in [0.717, 1.165) is 24.7 Å². The van der Waals surface area contributed by atoms with Gasteiger partial charge in [-0.2, -0.15) is 4.31 Å². The van der Waals surface area contributed by atoms with Crippen molar-refractivity contribution in [1.82, 2.24) is 9.21 Å². The molecule has 2 aliphatic rings. The highest BCUT2D eigenvalue weighted by Crippen LogP contribution is 2.28. The van der Waals surface area contributed by atoms with Crippen LogP contribution in [0.2, 0.25) is 0 Å². The predicted molar refractivity (Wildman–Crippen MR) is 74.5 cm³/mol. The third-order valence-electron chi connectivity index (χ3n) is 4.00. The molecule has 0 spiro atoms. The second-order valence-electron chi connectivity index (χ2n) is 5.48. The van der Waals surface area contributed by atoms with E-state index in [1.54, 1.807) is 16.4 Å². The number of rotatable bonds is 3. The van der Waals surface area contributed by atoms with E-state index in [1.165, 1.54) is 12.8 Å². The van der Waals surface area contributed by atoms with Gasteiger partial charge in [-0.1, -0.05) is 17.7 Å². The average molecular weight is 280 g/mol. The van der Waals surface area contributed by atoms with Crippen LogP contribution in [0.1, 0.15) is 18.4 Å². The van der Waals surface area contributed by atoms with Crippen molar-refractivity contribution < 1.29 is 8.42 Å². The van der Waals surface area contributed by atoms with Gasteiger partial charge in [-0.05, 0) is 31.9 Å². The Kier molecular flexibility index (Phi) is 3.37.